The second-order valence-electron chi connectivity index (χ2n) is 5.80. The summed E-state index contributed by atoms with van der Waals surface area (Å²) in [5.41, 5.74) is 0.869. The van der Waals surface area contributed by atoms with Crippen molar-refractivity contribution in [2.45, 2.75) is 13.0 Å². The summed E-state index contributed by atoms with van der Waals surface area (Å²) >= 11 is 1.48. The second kappa shape index (κ2) is 7.66. The molecule has 0 radical (unpaired) electrons. The van der Waals surface area contributed by atoms with Gasteiger partial charge in [0.05, 0.1) is 32.2 Å². The van der Waals surface area contributed by atoms with E-state index in [1.807, 2.05) is 49.4 Å². The van der Waals surface area contributed by atoms with Crippen molar-refractivity contribution in [1.82, 2.24) is 5.32 Å². The molecule has 1 amide bonds. The lowest BCUT2D eigenvalue weighted by Crippen LogP contribution is -2.26. The van der Waals surface area contributed by atoms with E-state index >= 15 is 0 Å². The maximum absolute atomic E-state index is 12.6. The molecule has 1 atom stereocenters. The van der Waals surface area contributed by atoms with Gasteiger partial charge >= 0.3 is 0 Å². The van der Waals surface area contributed by atoms with E-state index in [9.17, 15) is 4.79 Å². The molecule has 2 aromatic carbocycles. The third-order valence-corrected chi connectivity index (χ3v) is 5.30. The molecule has 0 aliphatic heterocycles. The minimum atomic E-state index is -0.221. The van der Waals surface area contributed by atoms with Crippen molar-refractivity contribution < 1.29 is 19.0 Å². The minimum Gasteiger partial charge on any atom is -0.493 e. The Kier molecular flexibility index (Phi) is 5.32. The van der Waals surface area contributed by atoms with Crippen LogP contribution in [0.4, 0.5) is 0 Å². The van der Waals surface area contributed by atoms with Gasteiger partial charge in [-0.25, -0.2) is 0 Å². The van der Waals surface area contributed by atoms with E-state index in [2.05, 4.69) is 5.32 Å². The van der Waals surface area contributed by atoms with Crippen LogP contribution < -0.4 is 19.5 Å². The van der Waals surface area contributed by atoms with Gasteiger partial charge in [0, 0.05) is 4.70 Å². The normalized spacial score (nSPS) is 11.8. The van der Waals surface area contributed by atoms with Crippen molar-refractivity contribution in [3.05, 3.63) is 52.9 Å². The molecule has 136 valence electrons. The molecule has 1 unspecified atom stereocenters. The average molecular weight is 371 g/mol. The van der Waals surface area contributed by atoms with Gasteiger partial charge in [-0.1, -0.05) is 18.2 Å². The Balaban J connectivity index is 1.84. The van der Waals surface area contributed by atoms with Crippen LogP contribution in [-0.4, -0.2) is 27.2 Å². The van der Waals surface area contributed by atoms with E-state index in [4.69, 9.17) is 14.2 Å². The maximum Gasteiger partial charge on any atom is 0.261 e. The highest BCUT2D eigenvalue weighted by atomic mass is 32.1. The number of rotatable bonds is 6. The maximum atomic E-state index is 12.6. The molecule has 5 nitrogen and oxygen atoms in total. The standard InChI is InChI=1S/C20H21NO4S/c1-12(14-9-15(23-2)19(25-4)16(10-14)24-3)21-20(22)18-11-13-7-5-6-8-17(13)26-18/h5-12H,1-4H3,(H,21,22). The zero-order chi connectivity index (χ0) is 18.7. The Hall–Kier alpha value is -2.73. The lowest BCUT2D eigenvalue weighted by molar-refractivity contribution is 0.0944. The van der Waals surface area contributed by atoms with Crippen molar-refractivity contribution >= 4 is 27.3 Å². The number of nitrogens with one attached hydrogen (secondary N) is 1. The second-order valence-corrected chi connectivity index (χ2v) is 6.89. The Morgan fingerprint density at radius 2 is 1.65 bits per heavy atom. The van der Waals surface area contributed by atoms with Crippen molar-refractivity contribution in [2.24, 2.45) is 0 Å². The SMILES string of the molecule is COc1cc(C(C)NC(=O)c2cc3ccccc3s2)cc(OC)c1OC. The molecule has 0 saturated heterocycles. The highest BCUT2D eigenvalue weighted by Gasteiger charge is 2.19. The molecule has 0 bridgehead atoms. The Morgan fingerprint density at radius 1 is 1.00 bits per heavy atom. The first-order valence-electron chi connectivity index (χ1n) is 8.16. The summed E-state index contributed by atoms with van der Waals surface area (Å²) in [4.78, 5) is 13.3. The van der Waals surface area contributed by atoms with Gasteiger partial charge in [-0.3, -0.25) is 4.79 Å². The van der Waals surface area contributed by atoms with E-state index < -0.39 is 0 Å². The van der Waals surface area contributed by atoms with Crippen molar-refractivity contribution in [3.8, 4) is 17.2 Å². The molecule has 3 aromatic rings. The number of benzene rings is 2. The fourth-order valence-electron chi connectivity index (χ4n) is 2.80. The molecular formula is C20H21NO4S. The quantitative estimate of drug-likeness (QED) is 0.697. The van der Waals surface area contributed by atoms with E-state index in [-0.39, 0.29) is 11.9 Å². The number of fused-ring (bicyclic) bond motifs is 1. The molecule has 1 N–H and O–H groups in total. The number of amides is 1. The molecule has 1 aromatic heterocycles. The van der Waals surface area contributed by atoms with Gasteiger partial charge < -0.3 is 19.5 Å². The number of hydrogen-bond acceptors (Lipinski definition) is 5. The van der Waals surface area contributed by atoms with Gasteiger partial charge in [0.2, 0.25) is 5.75 Å². The Morgan fingerprint density at radius 3 is 2.23 bits per heavy atom. The van der Waals surface area contributed by atoms with Crippen LogP contribution in [-0.2, 0) is 0 Å². The summed E-state index contributed by atoms with van der Waals surface area (Å²) in [7, 11) is 4.70. The van der Waals surface area contributed by atoms with Crippen LogP contribution in [0.1, 0.15) is 28.2 Å². The zero-order valence-electron chi connectivity index (χ0n) is 15.2. The smallest absolute Gasteiger partial charge is 0.261 e. The molecule has 0 saturated carbocycles. The predicted octanol–water partition coefficient (Wildman–Crippen LogP) is 4.42. The summed E-state index contributed by atoms with van der Waals surface area (Å²) < 4.78 is 17.2. The van der Waals surface area contributed by atoms with Crippen LogP contribution in [0.2, 0.25) is 0 Å². The minimum absolute atomic E-state index is 0.104. The topological polar surface area (TPSA) is 56.8 Å². The van der Waals surface area contributed by atoms with E-state index in [0.29, 0.717) is 22.1 Å². The van der Waals surface area contributed by atoms with Crippen LogP contribution in [0.5, 0.6) is 17.2 Å². The van der Waals surface area contributed by atoms with Gasteiger partial charge in [0.1, 0.15) is 0 Å². The van der Waals surface area contributed by atoms with Crippen LogP contribution in [0.15, 0.2) is 42.5 Å². The van der Waals surface area contributed by atoms with Gasteiger partial charge in [-0.2, -0.15) is 0 Å². The monoisotopic (exact) mass is 371 g/mol. The Labute approximate surface area is 156 Å². The fourth-order valence-corrected chi connectivity index (χ4v) is 3.76. The number of methoxy groups -OCH3 is 3. The molecule has 6 heteroatoms. The van der Waals surface area contributed by atoms with Crippen LogP contribution >= 0.6 is 11.3 Å². The summed E-state index contributed by atoms with van der Waals surface area (Å²) in [6, 6.07) is 13.3. The number of ether oxygens (including phenoxy) is 3. The zero-order valence-corrected chi connectivity index (χ0v) is 16.0. The molecular weight excluding hydrogens is 350 g/mol. The number of hydrogen-bond donors (Lipinski definition) is 1. The molecule has 1 heterocycles. The summed E-state index contributed by atoms with van der Waals surface area (Å²) in [6.45, 7) is 1.92. The predicted molar refractivity (Wildman–Crippen MR) is 104 cm³/mol. The number of thiophene rings is 1. The highest BCUT2D eigenvalue weighted by molar-refractivity contribution is 7.20. The molecule has 0 fully saturated rings. The van der Waals surface area contributed by atoms with Gasteiger partial charge in [0.15, 0.2) is 11.5 Å². The molecule has 0 aliphatic rings. The van der Waals surface area contributed by atoms with Crippen LogP contribution in [0.25, 0.3) is 10.1 Å². The van der Waals surface area contributed by atoms with Gasteiger partial charge in [-0.15, -0.1) is 11.3 Å². The first-order valence-corrected chi connectivity index (χ1v) is 8.98. The number of carbonyl (C=O) groups is 1. The van der Waals surface area contributed by atoms with Gasteiger partial charge in [0.25, 0.3) is 5.91 Å². The summed E-state index contributed by atoms with van der Waals surface area (Å²) in [5.74, 6) is 1.55. The van der Waals surface area contributed by atoms with Crippen LogP contribution in [0.3, 0.4) is 0 Å². The average Bonchev–Trinajstić information content (AvgIpc) is 3.11. The van der Waals surface area contributed by atoms with Crippen molar-refractivity contribution in [2.75, 3.05) is 21.3 Å². The van der Waals surface area contributed by atoms with Gasteiger partial charge in [-0.05, 0) is 42.1 Å². The van der Waals surface area contributed by atoms with Crippen LogP contribution in [0, 0.1) is 0 Å². The molecule has 0 aliphatic carbocycles. The van der Waals surface area contributed by atoms with Crippen molar-refractivity contribution in [3.63, 3.8) is 0 Å². The molecule has 0 spiro atoms. The van der Waals surface area contributed by atoms with E-state index in [1.165, 1.54) is 11.3 Å². The van der Waals surface area contributed by atoms with E-state index in [1.54, 1.807) is 21.3 Å². The lowest BCUT2D eigenvalue weighted by Gasteiger charge is -2.18. The Bertz CT molecular complexity index is 876. The summed E-state index contributed by atoms with van der Waals surface area (Å²) in [5, 5.41) is 4.11. The van der Waals surface area contributed by atoms with E-state index in [0.717, 1.165) is 15.6 Å². The lowest BCUT2D eigenvalue weighted by atomic mass is 10.1. The highest BCUT2D eigenvalue weighted by Crippen LogP contribution is 2.39. The number of carbonyl (C=O) groups excluding carboxylic acids is 1. The third kappa shape index (κ3) is 3.46. The largest absolute Gasteiger partial charge is 0.493 e. The first-order chi connectivity index (χ1) is 12.6. The third-order valence-electron chi connectivity index (χ3n) is 4.18. The summed E-state index contributed by atoms with van der Waals surface area (Å²) in [6.07, 6.45) is 0. The fraction of sp³-hybridized carbons (Fsp3) is 0.250. The van der Waals surface area contributed by atoms with Crippen molar-refractivity contribution in [1.29, 1.82) is 0 Å². The molecule has 26 heavy (non-hydrogen) atoms. The molecule has 3 rings (SSSR count). The first kappa shape index (κ1) is 18.1.